The highest BCUT2D eigenvalue weighted by molar-refractivity contribution is 5.83. The van der Waals surface area contributed by atoms with Crippen molar-refractivity contribution in [3.63, 3.8) is 0 Å². The van der Waals surface area contributed by atoms with E-state index in [1.807, 2.05) is 6.07 Å². The molecule has 1 aromatic heterocycles. The molecular weight excluding hydrogens is 416 g/mol. The molecule has 0 aliphatic carbocycles. The quantitative estimate of drug-likeness (QED) is 0.595. The van der Waals surface area contributed by atoms with Gasteiger partial charge in [-0.3, -0.25) is 4.79 Å². The van der Waals surface area contributed by atoms with E-state index in [-0.39, 0.29) is 17.9 Å². The van der Waals surface area contributed by atoms with Gasteiger partial charge in [0, 0.05) is 42.8 Å². The van der Waals surface area contributed by atoms with Gasteiger partial charge in [0.05, 0.1) is 20.3 Å². The van der Waals surface area contributed by atoms with Crippen LogP contribution in [0.1, 0.15) is 42.0 Å². The molecule has 33 heavy (non-hydrogen) atoms. The number of amides is 1. The Morgan fingerprint density at radius 2 is 1.88 bits per heavy atom. The molecule has 2 aromatic carbocycles. The van der Waals surface area contributed by atoms with Gasteiger partial charge in [0.25, 0.3) is 0 Å². The highest BCUT2D eigenvalue weighted by Gasteiger charge is 2.35. The van der Waals surface area contributed by atoms with Crippen LogP contribution in [0.3, 0.4) is 0 Å². The Morgan fingerprint density at radius 1 is 1.12 bits per heavy atom. The number of hydrogen-bond acceptors (Lipinski definition) is 4. The summed E-state index contributed by atoms with van der Waals surface area (Å²) in [6, 6.07) is 12.6. The summed E-state index contributed by atoms with van der Waals surface area (Å²) in [5, 5.41) is 1.25. The first-order chi connectivity index (χ1) is 16.2. The molecule has 2 aliphatic heterocycles. The number of ether oxygens (including phenoxy) is 3. The smallest absolute Gasteiger partial charge is 0.226 e. The fraction of sp³-hybridized carbons (Fsp3) is 0.444. The Balaban J connectivity index is 1.48. The molecule has 5 rings (SSSR count). The second kappa shape index (κ2) is 9.48. The van der Waals surface area contributed by atoms with Crippen LogP contribution < -0.4 is 9.47 Å². The van der Waals surface area contributed by atoms with E-state index in [4.69, 9.17) is 14.2 Å². The normalized spacial score (nSPS) is 18.8. The zero-order valence-electron chi connectivity index (χ0n) is 19.4. The molecule has 3 aromatic rings. The molecule has 0 saturated carbocycles. The van der Waals surface area contributed by atoms with Crippen LogP contribution in [0.25, 0.3) is 10.9 Å². The molecule has 174 valence electrons. The molecule has 3 heterocycles. The summed E-state index contributed by atoms with van der Waals surface area (Å²) < 4.78 is 16.7. The number of fused-ring (bicyclic) bond motifs is 2. The highest BCUT2D eigenvalue weighted by atomic mass is 16.5. The number of aromatic nitrogens is 1. The van der Waals surface area contributed by atoms with Crippen molar-refractivity contribution in [2.24, 2.45) is 5.92 Å². The Kier molecular flexibility index (Phi) is 6.27. The first-order valence-corrected chi connectivity index (χ1v) is 11.9. The van der Waals surface area contributed by atoms with Gasteiger partial charge < -0.3 is 24.1 Å². The minimum atomic E-state index is 0.0116. The van der Waals surface area contributed by atoms with Crippen molar-refractivity contribution in [2.75, 3.05) is 34.0 Å². The van der Waals surface area contributed by atoms with Gasteiger partial charge in [-0.25, -0.2) is 0 Å². The number of carbonyl (C=O) groups excluding carboxylic acids is 1. The van der Waals surface area contributed by atoms with Crippen LogP contribution in [0.4, 0.5) is 0 Å². The van der Waals surface area contributed by atoms with Crippen LogP contribution in [0.15, 0.2) is 42.6 Å². The topological polar surface area (TPSA) is 63.8 Å². The zero-order valence-corrected chi connectivity index (χ0v) is 19.4. The highest BCUT2D eigenvalue weighted by Crippen LogP contribution is 2.41. The standard InChI is InChI=1S/C27H32N2O4/c1-31-25-15-19-9-12-29(27(30)18-10-13-33-14-11-18)24(22(19)16-26(25)32-2)8-7-20-17-28-23-6-4-3-5-21(20)23/h3-6,15-18,24,28H,7-14H2,1-2H3/t24-/m0/s1. The number of aryl methyl sites for hydroxylation is 1. The van der Waals surface area contributed by atoms with E-state index in [2.05, 4.69) is 46.4 Å². The number of H-pyrrole nitrogens is 1. The third-order valence-corrected chi connectivity index (χ3v) is 7.22. The number of nitrogens with zero attached hydrogens (tertiary/aromatic N) is 1. The van der Waals surface area contributed by atoms with Gasteiger partial charge in [-0.15, -0.1) is 0 Å². The predicted octanol–water partition coefficient (Wildman–Crippen LogP) is 4.67. The van der Waals surface area contributed by atoms with Crippen LogP contribution in [0.2, 0.25) is 0 Å². The fourth-order valence-corrected chi connectivity index (χ4v) is 5.41. The molecule has 0 bridgehead atoms. The minimum Gasteiger partial charge on any atom is -0.493 e. The summed E-state index contributed by atoms with van der Waals surface area (Å²) in [5.41, 5.74) is 4.86. The number of carbonyl (C=O) groups is 1. The number of aromatic amines is 1. The van der Waals surface area contributed by atoms with Crippen molar-refractivity contribution in [3.05, 3.63) is 59.3 Å². The van der Waals surface area contributed by atoms with E-state index in [0.717, 1.165) is 49.9 Å². The van der Waals surface area contributed by atoms with Crippen LogP contribution in [-0.4, -0.2) is 49.8 Å². The third-order valence-electron chi connectivity index (χ3n) is 7.22. The summed E-state index contributed by atoms with van der Waals surface area (Å²) >= 11 is 0. The van der Waals surface area contributed by atoms with E-state index in [9.17, 15) is 4.79 Å². The van der Waals surface area contributed by atoms with E-state index in [1.165, 1.54) is 22.1 Å². The number of methoxy groups -OCH3 is 2. The minimum absolute atomic E-state index is 0.0116. The molecular formula is C27H32N2O4. The number of hydrogen-bond donors (Lipinski definition) is 1. The Hall–Kier alpha value is -2.99. The van der Waals surface area contributed by atoms with Gasteiger partial charge in [-0.2, -0.15) is 0 Å². The van der Waals surface area contributed by atoms with Gasteiger partial charge in [0.2, 0.25) is 5.91 Å². The Morgan fingerprint density at radius 3 is 2.67 bits per heavy atom. The predicted molar refractivity (Wildman–Crippen MR) is 128 cm³/mol. The first-order valence-electron chi connectivity index (χ1n) is 11.9. The van der Waals surface area contributed by atoms with E-state index in [1.54, 1.807) is 14.2 Å². The molecule has 0 unspecified atom stereocenters. The molecule has 0 radical (unpaired) electrons. The van der Waals surface area contributed by atoms with Crippen molar-refractivity contribution in [1.82, 2.24) is 9.88 Å². The number of rotatable bonds is 6. The SMILES string of the molecule is COc1cc2c(cc1OC)[C@H](CCc1c[nH]c3ccccc13)N(C(=O)C1CCOCC1)CC2. The molecule has 6 nitrogen and oxygen atoms in total. The van der Waals surface area contributed by atoms with Crippen molar-refractivity contribution >= 4 is 16.8 Å². The summed E-state index contributed by atoms with van der Waals surface area (Å²) in [6.07, 6.45) is 6.30. The monoisotopic (exact) mass is 448 g/mol. The van der Waals surface area contributed by atoms with Crippen molar-refractivity contribution < 1.29 is 19.0 Å². The lowest BCUT2D eigenvalue weighted by molar-refractivity contribution is -0.141. The Labute approximate surface area is 194 Å². The summed E-state index contributed by atoms with van der Waals surface area (Å²) in [4.78, 5) is 19.1. The molecule has 1 saturated heterocycles. The summed E-state index contributed by atoms with van der Waals surface area (Å²) in [7, 11) is 3.33. The average molecular weight is 449 g/mol. The van der Waals surface area contributed by atoms with E-state index >= 15 is 0 Å². The second-order valence-corrected chi connectivity index (χ2v) is 8.99. The Bertz CT molecular complexity index is 1130. The van der Waals surface area contributed by atoms with Crippen LogP contribution in [0.5, 0.6) is 11.5 Å². The molecule has 1 N–H and O–H groups in total. The number of benzene rings is 2. The van der Waals surface area contributed by atoms with E-state index in [0.29, 0.717) is 19.0 Å². The van der Waals surface area contributed by atoms with Crippen LogP contribution in [-0.2, 0) is 22.4 Å². The van der Waals surface area contributed by atoms with Crippen molar-refractivity contribution in [3.8, 4) is 11.5 Å². The van der Waals surface area contributed by atoms with Gasteiger partial charge in [0.15, 0.2) is 11.5 Å². The number of nitrogens with one attached hydrogen (secondary N) is 1. The maximum Gasteiger partial charge on any atom is 0.226 e. The average Bonchev–Trinajstić information content (AvgIpc) is 3.29. The molecule has 1 fully saturated rings. The molecule has 1 atom stereocenters. The van der Waals surface area contributed by atoms with Crippen LogP contribution >= 0.6 is 0 Å². The first kappa shape index (κ1) is 21.8. The van der Waals surface area contributed by atoms with Gasteiger partial charge >= 0.3 is 0 Å². The molecule has 0 spiro atoms. The maximum absolute atomic E-state index is 13.6. The van der Waals surface area contributed by atoms with E-state index < -0.39 is 0 Å². The number of para-hydroxylation sites is 1. The largest absolute Gasteiger partial charge is 0.493 e. The van der Waals surface area contributed by atoms with Gasteiger partial charge in [-0.1, -0.05) is 18.2 Å². The lowest BCUT2D eigenvalue weighted by Gasteiger charge is -2.40. The molecule has 6 heteroatoms. The summed E-state index contributed by atoms with van der Waals surface area (Å²) in [5.74, 6) is 1.78. The van der Waals surface area contributed by atoms with Gasteiger partial charge in [-0.05, 0) is 67.0 Å². The third kappa shape index (κ3) is 4.20. The van der Waals surface area contributed by atoms with Crippen molar-refractivity contribution in [1.29, 1.82) is 0 Å². The second-order valence-electron chi connectivity index (χ2n) is 8.99. The lowest BCUT2D eigenvalue weighted by atomic mass is 9.86. The fourth-order valence-electron chi connectivity index (χ4n) is 5.41. The summed E-state index contributed by atoms with van der Waals surface area (Å²) in [6.45, 7) is 2.08. The van der Waals surface area contributed by atoms with Gasteiger partial charge in [0.1, 0.15) is 0 Å². The molecule has 2 aliphatic rings. The zero-order chi connectivity index (χ0) is 22.8. The lowest BCUT2D eigenvalue weighted by Crippen LogP contribution is -2.44. The van der Waals surface area contributed by atoms with Crippen molar-refractivity contribution in [2.45, 2.75) is 38.1 Å². The van der Waals surface area contributed by atoms with Crippen LogP contribution in [0, 0.1) is 5.92 Å². The maximum atomic E-state index is 13.6. The molecule has 1 amide bonds.